The molecule has 6 heteroatoms. The van der Waals surface area contributed by atoms with Crippen molar-refractivity contribution in [2.45, 2.75) is 24.8 Å². The second-order valence-electron chi connectivity index (χ2n) is 5.32. The number of ether oxygens (including phenoxy) is 1. The molecule has 2 rings (SSSR count). The summed E-state index contributed by atoms with van der Waals surface area (Å²) in [6.07, 6.45) is -0.652. The predicted molar refractivity (Wildman–Crippen MR) is 96.3 cm³/mol. The number of amides is 2. The molecule has 1 atom stereocenters. The first-order chi connectivity index (χ1) is 11.5. The van der Waals surface area contributed by atoms with E-state index in [2.05, 4.69) is 5.32 Å². The molecule has 2 amide bonds. The third-order valence-corrected chi connectivity index (χ3v) is 4.28. The molecule has 0 aliphatic heterocycles. The van der Waals surface area contributed by atoms with E-state index >= 15 is 0 Å². The lowest BCUT2D eigenvalue weighted by atomic mass is 10.2. The Kier molecular flexibility index (Phi) is 6.26. The molecular formula is C18H20N2O3S. The standard InChI is InChI=1S/C18H20N2O3S/c1-12-6-5-7-14(10-12)23-13(2)18(22)20-15-8-3-4-9-16(15)24-11-17(19)21/h3-10,13H,11H2,1-2H3,(H2,19,21)(H,20,22)/t13-/m1/s1. The molecule has 0 unspecified atom stereocenters. The van der Waals surface area contributed by atoms with Crippen molar-refractivity contribution in [2.24, 2.45) is 5.73 Å². The summed E-state index contributed by atoms with van der Waals surface area (Å²) >= 11 is 1.28. The fourth-order valence-electron chi connectivity index (χ4n) is 2.03. The minimum Gasteiger partial charge on any atom is -0.481 e. The smallest absolute Gasteiger partial charge is 0.265 e. The van der Waals surface area contributed by atoms with Crippen molar-refractivity contribution in [3.05, 3.63) is 54.1 Å². The first kappa shape index (κ1) is 17.9. The van der Waals surface area contributed by atoms with Gasteiger partial charge in [0.05, 0.1) is 11.4 Å². The summed E-state index contributed by atoms with van der Waals surface area (Å²) in [5.74, 6) is 0.136. The normalized spacial score (nSPS) is 11.6. The van der Waals surface area contributed by atoms with Crippen molar-refractivity contribution in [2.75, 3.05) is 11.1 Å². The van der Waals surface area contributed by atoms with Crippen LogP contribution in [0.25, 0.3) is 0 Å². The number of anilines is 1. The van der Waals surface area contributed by atoms with Gasteiger partial charge in [-0.2, -0.15) is 0 Å². The van der Waals surface area contributed by atoms with Gasteiger partial charge in [-0.25, -0.2) is 0 Å². The van der Waals surface area contributed by atoms with E-state index in [4.69, 9.17) is 10.5 Å². The Morgan fingerprint density at radius 3 is 2.67 bits per heavy atom. The van der Waals surface area contributed by atoms with Gasteiger partial charge in [0.1, 0.15) is 5.75 Å². The lowest BCUT2D eigenvalue weighted by Gasteiger charge is -2.16. The molecule has 24 heavy (non-hydrogen) atoms. The van der Waals surface area contributed by atoms with Crippen molar-refractivity contribution in [1.29, 1.82) is 0 Å². The molecule has 0 heterocycles. The molecule has 0 radical (unpaired) electrons. The van der Waals surface area contributed by atoms with Crippen molar-refractivity contribution in [3.63, 3.8) is 0 Å². The second-order valence-corrected chi connectivity index (χ2v) is 6.33. The summed E-state index contributed by atoms with van der Waals surface area (Å²) in [6.45, 7) is 3.65. The highest BCUT2D eigenvalue weighted by Crippen LogP contribution is 2.27. The van der Waals surface area contributed by atoms with E-state index in [9.17, 15) is 9.59 Å². The van der Waals surface area contributed by atoms with Crippen LogP contribution in [-0.2, 0) is 9.59 Å². The molecule has 0 bridgehead atoms. The number of benzene rings is 2. The number of carbonyl (C=O) groups is 2. The van der Waals surface area contributed by atoms with Crippen LogP contribution in [0, 0.1) is 6.92 Å². The van der Waals surface area contributed by atoms with Gasteiger partial charge in [-0.15, -0.1) is 11.8 Å². The molecule has 0 saturated heterocycles. The van der Waals surface area contributed by atoms with Gasteiger partial charge >= 0.3 is 0 Å². The van der Waals surface area contributed by atoms with Crippen LogP contribution in [0.15, 0.2) is 53.4 Å². The summed E-state index contributed by atoms with van der Waals surface area (Å²) in [7, 11) is 0. The van der Waals surface area contributed by atoms with E-state index in [0.717, 1.165) is 10.5 Å². The molecular weight excluding hydrogens is 324 g/mol. The van der Waals surface area contributed by atoms with Crippen LogP contribution in [0.5, 0.6) is 5.75 Å². The summed E-state index contributed by atoms with van der Waals surface area (Å²) in [5, 5.41) is 2.83. The number of rotatable bonds is 7. The maximum atomic E-state index is 12.4. The van der Waals surface area contributed by atoms with E-state index in [1.165, 1.54) is 11.8 Å². The largest absolute Gasteiger partial charge is 0.481 e. The van der Waals surface area contributed by atoms with E-state index in [-0.39, 0.29) is 11.7 Å². The lowest BCUT2D eigenvalue weighted by Crippen LogP contribution is -2.30. The van der Waals surface area contributed by atoms with Gasteiger partial charge in [-0.3, -0.25) is 9.59 Å². The molecule has 0 aromatic heterocycles. The number of thioether (sulfide) groups is 1. The molecule has 0 spiro atoms. The van der Waals surface area contributed by atoms with Crippen molar-refractivity contribution in [3.8, 4) is 5.75 Å². The first-order valence-electron chi connectivity index (χ1n) is 7.50. The van der Waals surface area contributed by atoms with Gasteiger partial charge in [0.2, 0.25) is 5.91 Å². The van der Waals surface area contributed by atoms with E-state index in [1.807, 2.05) is 49.4 Å². The number of para-hydroxylation sites is 1. The average Bonchev–Trinajstić information content (AvgIpc) is 2.54. The Balaban J connectivity index is 2.02. The molecule has 3 N–H and O–H groups in total. The summed E-state index contributed by atoms with van der Waals surface area (Å²) in [6, 6.07) is 14.8. The number of primary amides is 1. The zero-order chi connectivity index (χ0) is 17.5. The molecule has 2 aromatic carbocycles. The van der Waals surface area contributed by atoms with Crippen molar-refractivity contribution >= 4 is 29.3 Å². The Morgan fingerprint density at radius 1 is 1.21 bits per heavy atom. The lowest BCUT2D eigenvalue weighted by molar-refractivity contribution is -0.122. The Hall–Kier alpha value is -2.47. The van der Waals surface area contributed by atoms with Crippen molar-refractivity contribution in [1.82, 2.24) is 0 Å². The van der Waals surface area contributed by atoms with Crippen LogP contribution >= 0.6 is 11.8 Å². The number of hydrogen-bond acceptors (Lipinski definition) is 4. The van der Waals surface area contributed by atoms with Gasteiger partial charge in [0.25, 0.3) is 5.91 Å². The maximum Gasteiger partial charge on any atom is 0.265 e. The number of carbonyl (C=O) groups excluding carboxylic acids is 2. The van der Waals surface area contributed by atoms with Crippen LogP contribution in [0.2, 0.25) is 0 Å². The fraction of sp³-hybridized carbons (Fsp3) is 0.222. The van der Waals surface area contributed by atoms with Crippen LogP contribution < -0.4 is 15.8 Å². The SMILES string of the molecule is Cc1cccc(O[C@H](C)C(=O)Nc2ccccc2SCC(N)=O)c1. The zero-order valence-corrected chi connectivity index (χ0v) is 14.4. The summed E-state index contributed by atoms with van der Waals surface area (Å²) < 4.78 is 5.67. The fourth-order valence-corrected chi connectivity index (χ4v) is 2.77. The Labute approximate surface area is 145 Å². The van der Waals surface area contributed by atoms with Gasteiger partial charge < -0.3 is 15.8 Å². The molecule has 0 aliphatic rings. The monoisotopic (exact) mass is 344 g/mol. The van der Waals surface area contributed by atoms with E-state index < -0.39 is 12.0 Å². The Morgan fingerprint density at radius 2 is 1.96 bits per heavy atom. The van der Waals surface area contributed by atoms with Gasteiger partial charge in [-0.1, -0.05) is 24.3 Å². The van der Waals surface area contributed by atoms with Gasteiger partial charge in [-0.05, 0) is 43.7 Å². The molecule has 5 nitrogen and oxygen atoms in total. The highest BCUT2D eigenvalue weighted by Gasteiger charge is 2.16. The molecule has 126 valence electrons. The van der Waals surface area contributed by atoms with Crippen LogP contribution in [0.1, 0.15) is 12.5 Å². The van der Waals surface area contributed by atoms with Gasteiger partial charge in [0.15, 0.2) is 6.10 Å². The molecule has 0 saturated carbocycles. The van der Waals surface area contributed by atoms with Crippen molar-refractivity contribution < 1.29 is 14.3 Å². The van der Waals surface area contributed by atoms with Gasteiger partial charge in [0, 0.05) is 4.90 Å². The van der Waals surface area contributed by atoms with Crippen LogP contribution in [0.3, 0.4) is 0 Å². The Bertz CT molecular complexity index is 734. The number of nitrogens with one attached hydrogen (secondary N) is 1. The minimum atomic E-state index is -0.652. The number of nitrogens with two attached hydrogens (primary N) is 1. The minimum absolute atomic E-state index is 0.155. The summed E-state index contributed by atoms with van der Waals surface area (Å²) in [4.78, 5) is 24.1. The third-order valence-electron chi connectivity index (χ3n) is 3.19. The maximum absolute atomic E-state index is 12.4. The third kappa shape index (κ3) is 5.31. The second kappa shape index (κ2) is 8.40. The zero-order valence-electron chi connectivity index (χ0n) is 13.6. The predicted octanol–water partition coefficient (Wildman–Crippen LogP) is 2.98. The number of hydrogen-bond donors (Lipinski definition) is 2. The summed E-state index contributed by atoms with van der Waals surface area (Å²) in [5.41, 5.74) is 6.87. The average molecular weight is 344 g/mol. The molecule has 0 aliphatic carbocycles. The molecule has 0 fully saturated rings. The van der Waals surface area contributed by atoms with E-state index in [0.29, 0.717) is 11.4 Å². The quantitative estimate of drug-likeness (QED) is 0.757. The van der Waals surface area contributed by atoms with Crippen LogP contribution in [0.4, 0.5) is 5.69 Å². The highest BCUT2D eigenvalue weighted by atomic mass is 32.2. The molecule has 2 aromatic rings. The highest BCUT2D eigenvalue weighted by molar-refractivity contribution is 8.00. The first-order valence-corrected chi connectivity index (χ1v) is 8.48. The van der Waals surface area contributed by atoms with E-state index in [1.54, 1.807) is 13.0 Å². The number of aryl methyl sites for hydroxylation is 1. The topological polar surface area (TPSA) is 81.4 Å². The van der Waals surface area contributed by atoms with Crippen LogP contribution in [-0.4, -0.2) is 23.7 Å².